The SMILES string of the molecule is CCS(=O)(=O)OC1=CC=CC(C(N)=O)C1(C(N)=O)C(C)CSC. The molecule has 4 N–H and O–H groups in total. The fourth-order valence-corrected chi connectivity index (χ4v) is 4.10. The van der Waals surface area contributed by atoms with Crippen molar-refractivity contribution in [1.82, 2.24) is 0 Å². The summed E-state index contributed by atoms with van der Waals surface area (Å²) in [4.78, 5) is 24.2. The molecule has 0 spiro atoms. The zero-order chi connectivity index (χ0) is 17.8. The van der Waals surface area contributed by atoms with Gasteiger partial charge in [0.2, 0.25) is 11.8 Å². The molecule has 0 fully saturated rings. The third-order valence-electron chi connectivity index (χ3n) is 3.93. The van der Waals surface area contributed by atoms with Gasteiger partial charge in [0, 0.05) is 0 Å². The molecule has 3 unspecified atom stereocenters. The maximum Gasteiger partial charge on any atom is 0.308 e. The minimum absolute atomic E-state index is 0.153. The van der Waals surface area contributed by atoms with Gasteiger partial charge in [0.25, 0.3) is 0 Å². The van der Waals surface area contributed by atoms with Crippen LogP contribution in [0.1, 0.15) is 13.8 Å². The summed E-state index contributed by atoms with van der Waals surface area (Å²) >= 11 is 1.44. The third-order valence-corrected chi connectivity index (χ3v) is 5.90. The Morgan fingerprint density at radius 1 is 1.43 bits per heavy atom. The van der Waals surface area contributed by atoms with Gasteiger partial charge < -0.3 is 15.7 Å². The topological polar surface area (TPSA) is 130 Å². The van der Waals surface area contributed by atoms with Crippen LogP contribution in [0.5, 0.6) is 0 Å². The van der Waals surface area contributed by atoms with Crippen LogP contribution >= 0.6 is 11.8 Å². The Bertz CT molecular complexity index is 642. The van der Waals surface area contributed by atoms with Gasteiger partial charge in [-0.2, -0.15) is 20.2 Å². The molecule has 1 aliphatic rings. The van der Waals surface area contributed by atoms with Crippen LogP contribution in [-0.4, -0.2) is 38.0 Å². The molecule has 1 rings (SSSR count). The first-order chi connectivity index (χ1) is 10.6. The molecule has 23 heavy (non-hydrogen) atoms. The maximum absolute atomic E-state index is 12.3. The second kappa shape index (κ2) is 7.39. The lowest BCUT2D eigenvalue weighted by Gasteiger charge is -2.42. The van der Waals surface area contributed by atoms with E-state index in [1.165, 1.54) is 36.9 Å². The lowest BCUT2D eigenvalue weighted by Crippen LogP contribution is -2.55. The highest BCUT2D eigenvalue weighted by atomic mass is 32.2. The van der Waals surface area contributed by atoms with Crippen molar-refractivity contribution in [2.24, 2.45) is 28.7 Å². The molecule has 0 heterocycles. The molecule has 0 aromatic heterocycles. The fourth-order valence-electron chi connectivity index (χ4n) is 2.76. The van der Waals surface area contributed by atoms with Crippen LogP contribution in [-0.2, 0) is 23.9 Å². The predicted octanol–water partition coefficient (Wildman–Crippen LogP) is 0.379. The van der Waals surface area contributed by atoms with Gasteiger partial charge in [0.05, 0.1) is 11.7 Å². The highest BCUT2D eigenvalue weighted by Crippen LogP contribution is 2.47. The Hall–Kier alpha value is -1.48. The standard InChI is InChI=1S/C14H22N2O5S2/c1-4-23(19,20)21-11-7-5-6-10(12(15)17)14(11,13(16)18)9(2)8-22-3/h5-7,9-10H,4,8H2,1-3H3,(H2,15,17)(H2,16,18). The van der Waals surface area contributed by atoms with Gasteiger partial charge in [-0.15, -0.1) is 0 Å². The molecular formula is C14H22N2O5S2. The molecule has 0 aliphatic heterocycles. The van der Waals surface area contributed by atoms with Gasteiger partial charge >= 0.3 is 10.1 Å². The highest BCUT2D eigenvalue weighted by Gasteiger charge is 2.56. The van der Waals surface area contributed by atoms with E-state index in [0.717, 1.165) is 0 Å². The summed E-state index contributed by atoms with van der Waals surface area (Å²) in [6.07, 6.45) is 6.09. The van der Waals surface area contributed by atoms with Gasteiger partial charge in [0.1, 0.15) is 11.2 Å². The van der Waals surface area contributed by atoms with Crippen LogP contribution < -0.4 is 11.5 Å². The quantitative estimate of drug-likeness (QED) is 0.600. The average molecular weight is 362 g/mol. The van der Waals surface area contributed by atoms with Crippen molar-refractivity contribution in [1.29, 1.82) is 0 Å². The first-order valence-electron chi connectivity index (χ1n) is 7.02. The zero-order valence-electron chi connectivity index (χ0n) is 13.3. The van der Waals surface area contributed by atoms with Crippen molar-refractivity contribution in [3.05, 3.63) is 24.0 Å². The lowest BCUT2D eigenvalue weighted by atomic mass is 9.63. The van der Waals surface area contributed by atoms with E-state index in [0.29, 0.717) is 5.75 Å². The van der Waals surface area contributed by atoms with E-state index in [9.17, 15) is 18.0 Å². The minimum Gasteiger partial charge on any atom is -0.386 e. The summed E-state index contributed by atoms with van der Waals surface area (Å²) in [5, 5.41) is 0. The van der Waals surface area contributed by atoms with Gasteiger partial charge in [-0.25, -0.2) is 0 Å². The normalized spacial score (nSPS) is 25.5. The van der Waals surface area contributed by atoms with Crippen molar-refractivity contribution >= 4 is 33.7 Å². The van der Waals surface area contributed by atoms with Gasteiger partial charge in [0.15, 0.2) is 0 Å². The van der Waals surface area contributed by atoms with Crippen molar-refractivity contribution in [2.45, 2.75) is 13.8 Å². The number of hydrogen-bond acceptors (Lipinski definition) is 6. The molecule has 0 saturated carbocycles. The van der Waals surface area contributed by atoms with E-state index in [4.69, 9.17) is 15.7 Å². The summed E-state index contributed by atoms with van der Waals surface area (Å²) < 4.78 is 28.9. The molecule has 1 aliphatic carbocycles. The van der Waals surface area contributed by atoms with Gasteiger partial charge in [-0.1, -0.05) is 19.1 Å². The number of allylic oxidation sites excluding steroid dienone is 2. The summed E-state index contributed by atoms with van der Waals surface area (Å²) in [5.41, 5.74) is 9.41. The Kier molecular flexibility index (Phi) is 6.29. The average Bonchev–Trinajstić information content (AvgIpc) is 2.46. The molecule has 0 bridgehead atoms. The number of carbonyl (C=O) groups excluding carboxylic acids is 2. The second-order valence-corrected chi connectivity index (χ2v) is 8.09. The van der Waals surface area contributed by atoms with E-state index in [-0.39, 0.29) is 11.5 Å². The first-order valence-corrected chi connectivity index (χ1v) is 9.99. The molecule has 0 saturated heterocycles. The van der Waals surface area contributed by atoms with Crippen molar-refractivity contribution < 1.29 is 22.2 Å². The molecule has 7 nitrogen and oxygen atoms in total. The second-order valence-electron chi connectivity index (χ2n) is 5.32. The van der Waals surface area contributed by atoms with Crippen LogP contribution in [0.25, 0.3) is 0 Å². The number of primary amides is 2. The summed E-state index contributed by atoms with van der Waals surface area (Å²) in [6, 6.07) is 0. The van der Waals surface area contributed by atoms with E-state index in [2.05, 4.69) is 0 Å². The molecule has 0 aromatic rings. The first kappa shape index (κ1) is 19.6. The summed E-state index contributed by atoms with van der Waals surface area (Å²) in [7, 11) is -3.89. The fraction of sp³-hybridized carbons (Fsp3) is 0.571. The van der Waals surface area contributed by atoms with Crippen LogP contribution in [0, 0.1) is 17.3 Å². The molecule has 0 radical (unpaired) electrons. The number of hydrogen-bond donors (Lipinski definition) is 2. The van der Waals surface area contributed by atoms with Crippen LogP contribution in [0.3, 0.4) is 0 Å². The largest absolute Gasteiger partial charge is 0.386 e. The van der Waals surface area contributed by atoms with E-state index < -0.39 is 39.2 Å². The number of carbonyl (C=O) groups is 2. The molecule has 2 amide bonds. The van der Waals surface area contributed by atoms with Crippen LogP contribution in [0.2, 0.25) is 0 Å². The summed E-state index contributed by atoms with van der Waals surface area (Å²) in [6.45, 7) is 3.13. The molecule has 130 valence electrons. The minimum atomic E-state index is -3.89. The van der Waals surface area contributed by atoms with E-state index in [1.807, 2.05) is 6.26 Å². The number of amides is 2. The van der Waals surface area contributed by atoms with E-state index >= 15 is 0 Å². The lowest BCUT2D eigenvalue weighted by molar-refractivity contribution is -0.138. The Morgan fingerprint density at radius 2 is 2.04 bits per heavy atom. The highest BCUT2D eigenvalue weighted by molar-refractivity contribution is 7.98. The van der Waals surface area contributed by atoms with Crippen molar-refractivity contribution in [3.63, 3.8) is 0 Å². The number of nitrogens with two attached hydrogens (primary N) is 2. The molecular weight excluding hydrogens is 340 g/mol. The third kappa shape index (κ3) is 3.72. The van der Waals surface area contributed by atoms with Crippen LogP contribution in [0.4, 0.5) is 0 Å². The van der Waals surface area contributed by atoms with E-state index in [1.54, 1.807) is 6.92 Å². The molecule has 0 aromatic carbocycles. The predicted molar refractivity (Wildman–Crippen MR) is 89.6 cm³/mol. The van der Waals surface area contributed by atoms with Crippen LogP contribution in [0.15, 0.2) is 24.0 Å². The monoisotopic (exact) mass is 362 g/mol. The maximum atomic E-state index is 12.3. The Labute approximate surface area is 140 Å². The van der Waals surface area contributed by atoms with Gasteiger partial charge in [-0.05, 0) is 30.9 Å². The zero-order valence-corrected chi connectivity index (χ0v) is 14.9. The van der Waals surface area contributed by atoms with Crippen molar-refractivity contribution in [2.75, 3.05) is 17.8 Å². The Morgan fingerprint density at radius 3 is 2.48 bits per heavy atom. The molecule has 9 heteroatoms. The van der Waals surface area contributed by atoms with Crippen molar-refractivity contribution in [3.8, 4) is 0 Å². The molecule has 3 atom stereocenters. The number of rotatable bonds is 8. The summed E-state index contributed by atoms with van der Waals surface area (Å²) in [5.74, 6) is -3.11. The van der Waals surface area contributed by atoms with Gasteiger partial charge in [-0.3, -0.25) is 9.59 Å². The number of thioether (sulfide) groups is 1. The smallest absolute Gasteiger partial charge is 0.308 e. The Balaban J connectivity index is 3.55.